The summed E-state index contributed by atoms with van der Waals surface area (Å²) in [6.45, 7) is 9.27. The highest BCUT2D eigenvalue weighted by Gasteiger charge is 2.36. The monoisotopic (exact) mass is 319 g/mol. The third-order valence-electron chi connectivity index (χ3n) is 3.37. The second kappa shape index (κ2) is 10.2. The molecule has 0 aromatic rings. The number of aliphatic imine (C=N–C) groups is 1. The molecule has 0 aliphatic carbocycles. The van der Waals surface area contributed by atoms with Crippen LogP contribution in [0.15, 0.2) is 4.99 Å². The summed E-state index contributed by atoms with van der Waals surface area (Å²) in [4.78, 5) is 6.79. The third kappa shape index (κ3) is 7.26. The Morgan fingerprint density at radius 1 is 1.10 bits per heavy atom. The quantitative estimate of drug-likeness (QED) is 0.305. The minimum absolute atomic E-state index is 0.263. The van der Waals surface area contributed by atoms with E-state index in [0.717, 1.165) is 25.0 Å². The van der Waals surface area contributed by atoms with Gasteiger partial charge in [-0.1, -0.05) is 0 Å². The van der Waals surface area contributed by atoms with Gasteiger partial charge >= 0.3 is 8.80 Å². The first kappa shape index (κ1) is 20.4. The van der Waals surface area contributed by atoms with Crippen molar-refractivity contribution >= 4 is 14.8 Å². The lowest BCUT2D eigenvalue weighted by molar-refractivity contribution is 0.123. The van der Waals surface area contributed by atoms with Crippen molar-refractivity contribution in [2.75, 3.05) is 34.9 Å². The molecule has 6 nitrogen and oxygen atoms in total. The fraction of sp³-hybridized carbons (Fsp3) is 0.929. The van der Waals surface area contributed by atoms with Crippen LogP contribution in [0.25, 0.3) is 0 Å². The van der Waals surface area contributed by atoms with Crippen molar-refractivity contribution in [1.82, 2.24) is 10.2 Å². The number of hydrogen-bond acceptors (Lipinski definition) is 4. The van der Waals surface area contributed by atoms with Crippen LogP contribution in [0.2, 0.25) is 6.04 Å². The Hall–Kier alpha value is -0.633. The van der Waals surface area contributed by atoms with Gasteiger partial charge in [-0.3, -0.25) is 4.99 Å². The molecule has 0 unspecified atom stereocenters. The fourth-order valence-corrected chi connectivity index (χ4v) is 3.53. The molecule has 0 aliphatic rings. The van der Waals surface area contributed by atoms with Crippen LogP contribution in [0.4, 0.5) is 0 Å². The summed E-state index contributed by atoms with van der Waals surface area (Å²) in [7, 11) is 4.52. The maximum atomic E-state index is 5.42. The van der Waals surface area contributed by atoms with Gasteiger partial charge in [0.15, 0.2) is 5.96 Å². The highest BCUT2D eigenvalue weighted by atomic mass is 28.4. The average molecular weight is 320 g/mol. The molecule has 0 spiro atoms. The number of nitrogens with zero attached hydrogens (tertiary/aromatic N) is 2. The Bertz CT molecular complexity index is 300. The summed E-state index contributed by atoms with van der Waals surface area (Å²) in [5.41, 5.74) is 0. The van der Waals surface area contributed by atoms with E-state index in [1.54, 1.807) is 21.3 Å². The van der Waals surface area contributed by atoms with Crippen LogP contribution < -0.4 is 5.32 Å². The predicted molar refractivity (Wildman–Crippen MR) is 89.7 cm³/mol. The maximum absolute atomic E-state index is 5.42. The van der Waals surface area contributed by atoms with Crippen LogP contribution in [-0.4, -0.2) is 66.7 Å². The standard InChI is InChI=1S/C14H33N3O3Si/c1-12(2)16-14(17(5)13(3)4)15-10-9-11-21(18-6,19-7)20-8/h12-13H,9-11H2,1-8H3,(H,15,16). The number of rotatable bonds is 9. The number of hydrogen-bond donors (Lipinski definition) is 1. The molecule has 0 aliphatic heterocycles. The van der Waals surface area contributed by atoms with E-state index in [-0.39, 0.29) is 6.04 Å². The SMILES string of the molecule is CO[Si](CCCNC(=NC(C)C)N(C)C(C)C)(OC)OC. The summed E-state index contributed by atoms with van der Waals surface area (Å²) in [6, 6.07) is 1.45. The molecule has 126 valence electrons. The molecule has 1 N–H and O–H groups in total. The fourth-order valence-electron chi connectivity index (χ4n) is 1.81. The molecule has 0 atom stereocenters. The largest absolute Gasteiger partial charge is 0.500 e. The zero-order valence-corrected chi connectivity index (χ0v) is 15.9. The molecule has 0 heterocycles. The van der Waals surface area contributed by atoms with Crippen molar-refractivity contribution in [3.8, 4) is 0 Å². The minimum atomic E-state index is -2.46. The minimum Gasteiger partial charge on any atom is -0.377 e. The van der Waals surface area contributed by atoms with E-state index in [1.165, 1.54) is 0 Å². The van der Waals surface area contributed by atoms with E-state index in [1.807, 2.05) is 0 Å². The van der Waals surface area contributed by atoms with Crippen molar-refractivity contribution in [2.24, 2.45) is 4.99 Å². The summed E-state index contributed by atoms with van der Waals surface area (Å²) in [5, 5.41) is 3.41. The van der Waals surface area contributed by atoms with Crippen molar-refractivity contribution in [2.45, 2.75) is 52.2 Å². The Labute approximate surface area is 131 Å². The Morgan fingerprint density at radius 3 is 2.00 bits per heavy atom. The molecule has 0 saturated heterocycles. The first-order valence-electron chi connectivity index (χ1n) is 7.51. The molecule has 0 aromatic heterocycles. The highest BCUT2D eigenvalue weighted by molar-refractivity contribution is 6.60. The van der Waals surface area contributed by atoms with Crippen LogP contribution in [0, 0.1) is 0 Å². The molecule has 0 bridgehead atoms. The summed E-state index contributed by atoms with van der Waals surface area (Å²) >= 11 is 0. The van der Waals surface area contributed by atoms with Gasteiger partial charge in [0.1, 0.15) is 0 Å². The smallest absolute Gasteiger partial charge is 0.377 e. The van der Waals surface area contributed by atoms with Crippen LogP contribution >= 0.6 is 0 Å². The lowest BCUT2D eigenvalue weighted by atomic mass is 10.3. The second-order valence-corrected chi connectivity index (χ2v) is 8.67. The predicted octanol–water partition coefficient (Wildman–Crippen LogP) is 1.95. The normalized spacial score (nSPS) is 13.1. The first-order chi connectivity index (χ1) is 9.81. The molecule has 0 amide bonds. The Kier molecular flexibility index (Phi) is 9.85. The lowest BCUT2D eigenvalue weighted by Crippen LogP contribution is -2.45. The Balaban J connectivity index is 4.45. The van der Waals surface area contributed by atoms with Gasteiger partial charge in [-0.05, 0) is 34.1 Å². The second-order valence-electron chi connectivity index (χ2n) is 5.58. The van der Waals surface area contributed by atoms with Gasteiger partial charge in [0, 0.05) is 53.0 Å². The van der Waals surface area contributed by atoms with Gasteiger partial charge in [0.25, 0.3) is 0 Å². The van der Waals surface area contributed by atoms with Gasteiger partial charge in [-0.2, -0.15) is 0 Å². The average Bonchev–Trinajstić information content (AvgIpc) is 2.45. The van der Waals surface area contributed by atoms with E-state index in [9.17, 15) is 0 Å². The summed E-state index contributed by atoms with van der Waals surface area (Å²) in [5.74, 6) is 0.930. The molecular formula is C14H33N3O3Si. The molecule has 0 fully saturated rings. The van der Waals surface area contributed by atoms with Crippen molar-refractivity contribution in [1.29, 1.82) is 0 Å². The molecule has 0 saturated carbocycles. The molecule has 21 heavy (non-hydrogen) atoms. The van der Waals surface area contributed by atoms with Crippen LogP contribution in [0.1, 0.15) is 34.1 Å². The van der Waals surface area contributed by atoms with E-state index >= 15 is 0 Å². The van der Waals surface area contributed by atoms with Gasteiger partial charge in [0.2, 0.25) is 0 Å². The van der Waals surface area contributed by atoms with Crippen molar-refractivity contribution in [3.05, 3.63) is 0 Å². The third-order valence-corrected chi connectivity index (χ3v) is 6.20. The van der Waals surface area contributed by atoms with Crippen LogP contribution in [-0.2, 0) is 13.3 Å². The topological polar surface area (TPSA) is 55.3 Å². The van der Waals surface area contributed by atoms with E-state index in [0.29, 0.717) is 6.04 Å². The van der Waals surface area contributed by atoms with Gasteiger partial charge in [-0.25, -0.2) is 0 Å². The van der Waals surface area contributed by atoms with Crippen molar-refractivity contribution in [3.63, 3.8) is 0 Å². The molecular weight excluding hydrogens is 286 g/mol. The zero-order chi connectivity index (χ0) is 16.5. The van der Waals surface area contributed by atoms with Gasteiger partial charge in [-0.15, -0.1) is 0 Å². The highest BCUT2D eigenvalue weighted by Crippen LogP contribution is 2.14. The summed E-state index contributed by atoms with van der Waals surface area (Å²) in [6.07, 6.45) is 0.908. The Morgan fingerprint density at radius 2 is 1.62 bits per heavy atom. The molecule has 0 rings (SSSR count). The lowest BCUT2D eigenvalue weighted by Gasteiger charge is -2.28. The van der Waals surface area contributed by atoms with Gasteiger partial charge in [0.05, 0.1) is 0 Å². The van der Waals surface area contributed by atoms with E-state index in [4.69, 9.17) is 13.3 Å². The molecule has 0 radical (unpaired) electrons. The van der Waals surface area contributed by atoms with E-state index < -0.39 is 8.80 Å². The number of guanidine groups is 1. The van der Waals surface area contributed by atoms with Crippen LogP contribution in [0.3, 0.4) is 0 Å². The van der Waals surface area contributed by atoms with Crippen molar-refractivity contribution < 1.29 is 13.3 Å². The van der Waals surface area contributed by atoms with E-state index in [2.05, 4.69) is 50.0 Å². The summed E-state index contributed by atoms with van der Waals surface area (Å²) < 4.78 is 16.3. The molecule has 7 heteroatoms. The zero-order valence-electron chi connectivity index (χ0n) is 14.9. The number of nitrogens with one attached hydrogen (secondary N) is 1. The van der Waals surface area contributed by atoms with Crippen LogP contribution in [0.5, 0.6) is 0 Å². The molecule has 0 aromatic carbocycles. The maximum Gasteiger partial charge on any atom is 0.500 e. The van der Waals surface area contributed by atoms with Gasteiger partial charge < -0.3 is 23.5 Å². The first-order valence-corrected chi connectivity index (χ1v) is 9.45.